The molecule has 0 aliphatic heterocycles. The lowest BCUT2D eigenvalue weighted by Gasteiger charge is -2.08. The molecule has 0 saturated heterocycles. The Morgan fingerprint density at radius 3 is 2.89 bits per heavy atom. The molecule has 0 saturated carbocycles. The monoisotopic (exact) mass is 280 g/mol. The van der Waals surface area contributed by atoms with Gasteiger partial charge in [0.1, 0.15) is 10.6 Å². The first-order chi connectivity index (χ1) is 9.10. The molecule has 102 valence electrons. The number of carbonyl (C=O) groups excluding carboxylic acids is 1. The second kappa shape index (κ2) is 5.70. The number of carbonyl (C=O) groups is 1. The van der Waals surface area contributed by atoms with Crippen molar-refractivity contribution in [2.45, 2.75) is 6.92 Å². The molecular weight excluding hydrogens is 264 g/mol. The number of urea groups is 1. The summed E-state index contributed by atoms with van der Waals surface area (Å²) in [5.41, 5.74) is 5.00. The lowest BCUT2D eigenvalue weighted by Crippen LogP contribution is -2.33. The number of anilines is 2. The van der Waals surface area contributed by atoms with Crippen LogP contribution in [0.15, 0.2) is 6.07 Å². The molecule has 0 unspecified atom stereocenters. The van der Waals surface area contributed by atoms with Gasteiger partial charge in [0.15, 0.2) is 0 Å². The lowest BCUT2D eigenvalue weighted by molar-refractivity contribution is 0.249. The van der Waals surface area contributed by atoms with E-state index in [4.69, 9.17) is 5.73 Å². The Morgan fingerprint density at radius 1 is 1.42 bits per heavy atom. The summed E-state index contributed by atoms with van der Waals surface area (Å²) in [4.78, 5) is 21.5. The number of hydrogen-bond donors (Lipinski definition) is 4. The van der Waals surface area contributed by atoms with Crippen molar-refractivity contribution in [3.8, 4) is 0 Å². The molecule has 0 aliphatic carbocycles. The molecule has 2 heterocycles. The molecule has 0 radical (unpaired) electrons. The van der Waals surface area contributed by atoms with Crippen LogP contribution in [0.4, 0.5) is 16.6 Å². The number of amides is 2. The molecular formula is C11H16N6OS. The molecule has 0 bridgehead atoms. The van der Waals surface area contributed by atoms with Gasteiger partial charge in [-0.15, -0.1) is 11.3 Å². The van der Waals surface area contributed by atoms with Crippen LogP contribution in [0.25, 0.3) is 10.2 Å². The fourth-order valence-corrected chi connectivity index (χ4v) is 2.53. The fraction of sp³-hybridized carbons (Fsp3) is 0.364. The van der Waals surface area contributed by atoms with E-state index < -0.39 is 6.03 Å². The number of fused-ring (bicyclic) bond motifs is 1. The molecule has 19 heavy (non-hydrogen) atoms. The smallest absolute Gasteiger partial charge is 0.312 e. The van der Waals surface area contributed by atoms with Gasteiger partial charge in [0.25, 0.3) is 0 Å². The van der Waals surface area contributed by atoms with Gasteiger partial charge in [-0.2, -0.15) is 4.98 Å². The van der Waals surface area contributed by atoms with E-state index in [-0.39, 0.29) is 0 Å². The van der Waals surface area contributed by atoms with Gasteiger partial charge in [-0.05, 0) is 13.0 Å². The number of aromatic nitrogens is 2. The highest BCUT2D eigenvalue weighted by Gasteiger charge is 2.09. The van der Waals surface area contributed by atoms with Crippen molar-refractivity contribution in [1.82, 2.24) is 15.3 Å². The van der Waals surface area contributed by atoms with Gasteiger partial charge in [-0.3, -0.25) is 0 Å². The number of rotatable bonds is 5. The van der Waals surface area contributed by atoms with Gasteiger partial charge < -0.3 is 21.7 Å². The summed E-state index contributed by atoms with van der Waals surface area (Å²) in [6.07, 6.45) is 0. The van der Waals surface area contributed by atoms with Gasteiger partial charge in [0.05, 0.1) is 5.39 Å². The summed E-state index contributed by atoms with van der Waals surface area (Å²) in [5, 5.41) is 9.61. The van der Waals surface area contributed by atoms with E-state index in [1.54, 1.807) is 18.4 Å². The molecule has 2 amide bonds. The second-order valence-electron chi connectivity index (χ2n) is 3.94. The van der Waals surface area contributed by atoms with Crippen molar-refractivity contribution in [2.24, 2.45) is 5.73 Å². The molecule has 0 fully saturated rings. The number of nitrogens with two attached hydrogens (primary N) is 1. The molecule has 0 aromatic carbocycles. The molecule has 2 aromatic heterocycles. The van der Waals surface area contributed by atoms with Crippen LogP contribution in [0.1, 0.15) is 4.88 Å². The fourth-order valence-electron chi connectivity index (χ4n) is 1.66. The first kappa shape index (κ1) is 13.3. The van der Waals surface area contributed by atoms with Crippen LogP contribution >= 0.6 is 11.3 Å². The minimum Gasteiger partial charge on any atom is -0.368 e. The standard InChI is InChI=1S/C11H16N6OS/c1-6-5-7-8(14-3-4-15-10(12)18)16-11(13-2)17-9(7)19-6/h5H,3-4H2,1-2H3,(H3,12,15,18)(H2,13,14,16,17). The minimum absolute atomic E-state index is 0.443. The minimum atomic E-state index is -0.531. The molecule has 7 nitrogen and oxygen atoms in total. The summed E-state index contributed by atoms with van der Waals surface area (Å²) in [5.74, 6) is 1.32. The zero-order valence-corrected chi connectivity index (χ0v) is 11.6. The Morgan fingerprint density at radius 2 is 2.21 bits per heavy atom. The Kier molecular flexibility index (Phi) is 4.00. The average Bonchev–Trinajstić information content (AvgIpc) is 2.74. The molecule has 0 spiro atoms. The summed E-state index contributed by atoms with van der Waals surface area (Å²) >= 11 is 1.62. The van der Waals surface area contributed by atoms with E-state index in [2.05, 4.69) is 25.9 Å². The molecule has 0 atom stereocenters. The van der Waals surface area contributed by atoms with Gasteiger partial charge in [-0.1, -0.05) is 0 Å². The maximum atomic E-state index is 10.6. The Labute approximate surface area is 114 Å². The van der Waals surface area contributed by atoms with E-state index in [0.717, 1.165) is 16.0 Å². The maximum absolute atomic E-state index is 10.6. The highest BCUT2D eigenvalue weighted by molar-refractivity contribution is 7.18. The van der Waals surface area contributed by atoms with Gasteiger partial charge in [-0.25, -0.2) is 9.78 Å². The van der Waals surface area contributed by atoms with Crippen LogP contribution in [-0.4, -0.2) is 36.1 Å². The quantitative estimate of drug-likeness (QED) is 0.614. The average molecular weight is 280 g/mol. The summed E-state index contributed by atoms with van der Waals surface area (Å²) in [6, 6.07) is 1.51. The van der Waals surface area contributed by atoms with Crippen LogP contribution in [0.3, 0.4) is 0 Å². The van der Waals surface area contributed by atoms with Crippen molar-refractivity contribution in [2.75, 3.05) is 30.8 Å². The Hall–Kier alpha value is -2.09. The number of aryl methyl sites for hydroxylation is 1. The summed E-state index contributed by atoms with van der Waals surface area (Å²) < 4.78 is 0. The second-order valence-corrected chi connectivity index (χ2v) is 5.17. The molecule has 2 aromatic rings. The lowest BCUT2D eigenvalue weighted by atomic mass is 10.3. The number of nitrogens with zero attached hydrogens (tertiary/aromatic N) is 2. The van der Waals surface area contributed by atoms with Crippen LogP contribution < -0.4 is 21.7 Å². The molecule has 5 N–H and O–H groups in total. The van der Waals surface area contributed by atoms with E-state index in [1.807, 2.05) is 13.0 Å². The van der Waals surface area contributed by atoms with Crippen molar-refractivity contribution in [1.29, 1.82) is 0 Å². The highest BCUT2D eigenvalue weighted by atomic mass is 32.1. The molecule has 0 aliphatic rings. The summed E-state index contributed by atoms with van der Waals surface area (Å²) in [6.45, 7) is 3.02. The van der Waals surface area contributed by atoms with Gasteiger partial charge >= 0.3 is 6.03 Å². The first-order valence-electron chi connectivity index (χ1n) is 5.83. The number of nitrogens with one attached hydrogen (secondary N) is 3. The third-order valence-electron chi connectivity index (χ3n) is 2.46. The van der Waals surface area contributed by atoms with E-state index in [0.29, 0.717) is 19.0 Å². The van der Waals surface area contributed by atoms with Crippen molar-refractivity contribution >= 4 is 39.4 Å². The number of primary amides is 1. The van der Waals surface area contributed by atoms with Crippen LogP contribution in [0, 0.1) is 6.92 Å². The van der Waals surface area contributed by atoms with Crippen molar-refractivity contribution < 1.29 is 4.79 Å². The van der Waals surface area contributed by atoms with Crippen LogP contribution in [-0.2, 0) is 0 Å². The number of hydrogen-bond acceptors (Lipinski definition) is 6. The normalized spacial score (nSPS) is 10.4. The first-order valence-corrected chi connectivity index (χ1v) is 6.65. The predicted molar refractivity (Wildman–Crippen MR) is 77.8 cm³/mol. The molecule has 8 heteroatoms. The van der Waals surface area contributed by atoms with Crippen LogP contribution in [0.5, 0.6) is 0 Å². The van der Waals surface area contributed by atoms with Crippen LogP contribution in [0.2, 0.25) is 0 Å². The SMILES string of the molecule is CNc1nc(NCCNC(N)=O)c2cc(C)sc2n1. The predicted octanol–water partition coefficient (Wildman–Crippen LogP) is 1.12. The van der Waals surface area contributed by atoms with Gasteiger partial charge in [0, 0.05) is 25.0 Å². The summed E-state index contributed by atoms with van der Waals surface area (Å²) in [7, 11) is 1.78. The third kappa shape index (κ3) is 3.22. The molecule has 2 rings (SSSR count). The van der Waals surface area contributed by atoms with Crippen molar-refractivity contribution in [3.63, 3.8) is 0 Å². The largest absolute Gasteiger partial charge is 0.368 e. The Bertz CT molecular complexity index is 596. The zero-order chi connectivity index (χ0) is 13.8. The highest BCUT2D eigenvalue weighted by Crippen LogP contribution is 2.29. The van der Waals surface area contributed by atoms with Gasteiger partial charge in [0.2, 0.25) is 5.95 Å². The Balaban J connectivity index is 2.17. The van der Waals surface area contributed by atoms with Crippen molar-refractivity contribution in [3.05, 3.63) is 10.9 Å². The zero-order valence-electron chi connectivity index (χ0n) is 10.8. The van der Waals surface area contributed by atoms with E-state index in [1.165, 1.54) is 4.88 Å². The van der Waals surface area contributed by atoms with E-state index in [9.17, 15) is 4.79 Å². The third-order valence-corrected chi connectivity index (χ3v) is 3.40. The maximum Gasteiger partial charge on any atom is 0.312 e. The topological polar surface area (TPSA) is 105 Å². The van der Waals surface area contributed by atoms with E-state index >= 15 is 0 Å². The number of thiophene rings is 1.